The molecule has 0 amide bonds. The fraction of sp³-hybridized carbons (Fsp3) is 0.783. The zero-order chi connectivity index (χ0) is 19.7. The molecule has 146 valence electrons. The van der Waals surface area contributed by atoms with Crippen LogP contribution in [0.1, 0.15) is 67.2 Å². The number of carbonyl (C=O) groups is 3. The van der Waals surface area contributed by atoms with Crippen LogP contribution in [0.5, 0.6) is 0 Å². The van der Waals surface area contributed by atoms with Crippen LogP contribution in [-0.4, -0.2) is 23.5 Å². The Kier molecular flexibility index (Phi) is 2.99. The molecule has 5 fully saturated rings. The van der Waals surface area contributed by atoms with Gasteiger partial charge < -0.3 is 4.74 Å². The molecule has 4 heteroatoms. The molecule has 6 atom stereocenters. The van der Waals surface area contributed by atoms with Crippen molar-refractivity contribution >= 4 is 17.3 Å². The molecule has 0 spiro atoms. The molecule has 4 saturated carbocycles. The molecule has 1 aliphatic heterocycles. The highest BCUT2D eigenvalue weighted by Gasteiger charge is 2.71. The van der Waals surface area contributed by atoms with Gasteiger partial charge in [-0.15, -0.1) is 0 Å². The molecule has 0 unspecified atom stereocenters. The average molecular weight is 370 g/mol. The monoisotopic (exact) mass is 370 g/mol. The normalized spacial score (nSPS) is 51.7. The maximum Gasteiger partial charge on any atom is 0.238 e. The van der Waals surface area contributed by atoms with E-state index in [2.05, 4.69) is 34.6 Å². The number of ether oxygens (including phenoxy) is 1. The van der Waals surface area contributed by atoms with E-state index >= 15 is 0 Å². The molecule has 1 heterocycles. The number of ketones is 3. The number of Topliss-reactive ketones (excluding diaryl/α,β-unsaturated/α-hetero) is 3. The number of fused-ring (bicyclic) bond motifs is 4. The second kappa shape index (κ2) is 4.58. The Morgan fingerprint density at radius 1 is 0.852 bits per heavy atom. The quantitative estimate of drug-likeness (QED) is 0.657. The number of hydrogen-bond acceptors (Lipinski definition) is 4. The lowest BCUT2D eigenvalue weighted by molar-refractivity contribution is -0.156. The van der Waals surface area contributed by atoms with Gasteiger partial charge in [-0.25, -0.2) is 0 Å². The van der Waals surface area contributed by atoms with E-state index in [1.54, 1.807) is 0 Å². The second-order valence-electron chi connectivity index (χ2n) is 11.2. The lowest BCUT2D eigenvalue weighted by Gasteiger charge is -2.39. The molecule has 0 aromatic heterocycles. The molecule has 4 nitrogen and oxygen atoms in total. The van der Waals surface area contributed by atoms with Gasteiger partial charge in [0.15, 0.2) is 17.6 Å². The first-order valence-electron chi connectivity index (χ1n) is 10.4. The van der Waals surface area contributed by atoms with E-state index in [0.717, 1.165) is 25.7 Å². The fourth-order valence-corrected chi connectivity index (χ4v) is 7.38. The van der Waals surface area contributed by atoms with Gasteiger partial charge in [0.1, 0.15) is 5.78 Å². The number of rotatable bonds is 1. The summed E-state index contributed by atoms with van der Waals surface area (Å²) in [4.78, 5) is 39.4. The zero-order valence-corrected chi connectivity index (χ0v) is 17.3. The van der Waals surface area contributed by atoms with Crippen molar-refractivity contribution in [1.82, 2.24) is 0 Å². The Morgan fingerprint density at radius 3 is 1.96 bits per heavy atom. The zero-order valence-electron chi connectivity index (χ0n) is 17.3. The van der Waals surface area contributed by atoms with Crippen LogP contribution in [0.2, 0.25) is 0 Å². The predicted octanol–water partition coefficient (Wildman–Crippen LogP) is 3.88. The largest absolute Gasteiger partial charge is 0.477 e. The standard InChI is InChI=1S/C23H30O4/c1-20(2)11-7-9-22(20,5)18(25)13(11)16-15(24)17(27-16)14-12-8-10-23(6,19(14)26)21(12,3)4/h11-13,16H,7-10H2,1-6H3/b17-14-/t11-,12+,13+,16+,22-,23-/m1/s1. The van der Waals surface area contributed by atoms with Crippen molar-refractivity contribution < 1.29 is 19.1 Å². The van der Waals surface area contributed by atoms with Gasteiger partial charge in [0.2, 0.25) is 5.78 Å². The van der Waals surface area contributed by atoms with Crippen molar-refractivity contribution in [2.45, 2.75) is 73.3 Å². The highest BCUT2D eigenvalue weighted by atomic mass is 16.5. The minimum Gasteiger partial charge on any atom is -0.477 e. The van der Waals surface area contributed by atoms with Crippen LogP contribution in [0, 0.1) is 39.4 Å². The van der Waals surface area contributed by atoms with Gasteiger partial charge in [-0.3, -0.25) is 14.4 Å². The van der Waals surface area contributed by atoms with Gasteiger partial charge in [-0.2, -0.15) is 0 Å². The van der Waals surface area contributed by atoms with E-state index in [9.17, 15) is 14.4 Å². The first-order valence-corrected chi connectivity index (χ1v) is 10.4. The molecule has 1 saturated heterocycles. The van der Waals surface area contributed by atoms with Crippen molar-refractivity contribution in [3.05, 3.63) is 11.3 Å². The van der Waals surface area contributed by atoms with Crippen molar-refractivity contribution in [3.8, 4) is 0 Å². The first kappa shape index (κ1) is 17.6. The van der Waals surface area contributed by atoms with Crippen LogP contribution in [-0.2, 0) is 19.1 Å². The molecule has 0 radical (unpaired) electrons. The van der Waals surface area contributed by atoms with E-state index in [0.29, 0.717) is 5.57 Å². The molecule has 0 aromatic rings. The summed E-state index contributed by atoms with van der Waals surface area (Å²) in [7, 11) is 0. The van der Waals surface area contributed by atoms with Crippen LogP contribution in [0.15, 0.2) is 11.3 Å². The second-order valence-corrected chi connectivity index (χ2v) is 11.2. The summed E-state index contributed by atoms with van der Waals surface area (Å²) in [6.45, 7) is 12.7. The molecular weight excluding hydrogens is 340 g/mol. The van der Waals surface area contributed by atoms with Crippen molar-refractivity contribution in [2.75, 3.05) is 0 Å². The molecule has 27 heavy (non-hydrogen) atoms. The maximum absolute atomic E-state index is 13.1. The van der Waals surface area contributed by atoms with Gasteiger partial charge in [0.05, 0.1) is 5.92 Å². The Hall–Kier alpha value is -1.45. The molecule has 4 aliphatic carbocycles. The summed E-state index contributed by atoms with van der Waals surface area (Å²) in [5, 5.41) is 0. The van der Waals surface area contributed by atoms with Crippen LogP contribution in [0.3, 0.4) is 0 Å². The van der Waals surface area contributed by atoms with E-state index in [4.69, 9.17) is 4.74 Å². The summed E-state index contributed by atoms with van der Waals surface area (Å²) in [6, 6.07) is 0. The Balaban J connectivity index is 1.48. The van der Waals surface area contributed by atoms with Gasteiger partial charge in [-0.1, -0.05) is 41.5 Å². The lowest BCUT2D eigenvalue weighted by atomic mass is 9.70. The topological polar surface area (TPSA) is 60.4 Å². The van der Waals surface area contributed by atoms with Crippen LogP contribution < -0.4 is 0 Å². The third-order valence-corrected chi connectivity index (χ3v) is 10.2. The van der Waals surface area contributed by atoms with Gasteiger partial charge >= 0.3 is 0 Å². The summed E-state index contributed by atoms with van der Waals surface area (Å²) in [5.74, 6) is 0.420. The predicted molar refractivity (Wildman–Crippen MR) is 99.6 cm³/mol. The maximum atomic E-state index is 13.1. The SMILES string of the molecule is CC1(C)[C@@H]2CC[C@]1(C)C(=O)[C@@H]2[C@@H]1O/C(=C2\C(=O)[C@@]3(C)CC[C@@H]2C3(C)C)C1=O. The first-order chi connectivity index (χ1) is 12.4. The molecule has 4 bridgehead atoms. The third kappa shape index (κ3) is 1.59. The number of hydrogen-bond donors (Lipinski definition) is 0. The fourth-order valence-electron chi connectivity index (χ4n) is 7.38. The van der Waals surface area contributed by atoms with Crippen molar-refractivity contribution in [1.29, 1.82) is 0 Å². The molecule has 5 rings (SSSR count). The van der Waals surface area contributed by atoms with Gasteiger partial charge in [0, 0.05) is 16.4 Å². The minimum absolute atomic E-state index is 0.0945. The molecule has 0 N–H and O–H groups in total. The Bertz CT molecular complexity index is 846. The smallest absolute Gasteiger partial charge is 0.238 e. The van der Waals surface area contributed by atoms with Crippen molar-refractivity contribution in [3.63, 3.8) is 0 Å². The van der Waals surface area contributed by atoms with E-state index in [1.165, 1.54) is 0 Å². The van der Waals surface area contributed by atoms with Crippen LogP contribution >= 0.6 is 0 Å². The van der Waals surface area contributed by atoms with E-state index in [-0.39, 0.29) is 57.1 Å². The Morgan fingerprint density at radius 2 is 1.48 bits per heavy atom. The van der Waals surface area contributed by atoms with Crippen LogP contribution in [0.25, 0.3) is 0 Å². The molecule has 0 aromatic carbocycles. The summed E-state index contributed by atoms with van der Waals surface area (Å²) in [5.41, 5.74) is -0.368. The number of carbonyl (C=O) groups excluding carboxylic acids is 3. The van der Waals surface area contributed by atoms with Crippen LogP contribution in [0.4, 0.5) is 0 Å². The average Bonchev–Trinajstić information content (AvgIpc) is 3.07. The summed E-state index contributed by atoms with van der Waals surface area (Å²) < 4.78 is 6.03. The third-order valence-electron chi connectivity index (χ3n) is 10.2. The lowest BCUT2D eigenvalue weighted by Crippen LogP contribution is -2.50. The molecule has 5 aliphatic rings. The van der Waals surface area contributed by atoms with E-state index < -0.39 is 11.5 Å². The van der Waals surface area contributed by atoms with E-state index in [1.807, 2.05) is 6.92 Å². The molecular formula is C23H30O4. The highest BCUT2D eigenvalue weighted by molar-refractivity contribution is 6.15. The summed E-state index contributed by atoms with van der Waals surface area (Å²) >= 11 is 0. The number of allylic oxidation sites excluding steroid dienone is 1. The summed E-state index contributed by atoms with van der Waals surface area (Å²) in [6.07, 6.45) is 3.03. The van der Waals surface area contributed by atoms with Crippen molar-refractivity contribution in [2.24, 2.45) is 39.4 Å². The highest BCUT2D eigenvalue weighted by Crippen LogP contribution is 2.69. The minimum atomic E-state index is -0.672. The Labute approximate surface area is 161 Å². The van der Waals surface area contributed by atoms with Gasteiger partial charge in [0.25, 0.3) is 0 Å². The van der Waals surface area contributed by atoms with Gasteiger partial charge in [-0.05, 0) is 48.3 Å².